The minimum absolute atomic E-state index is 0.0516. The highest BCUT2D eigenvalue weighted by Gasteiger charge is 2.12. The molecule has 0 amide bonds. The third-order valence-electron chi connectivity index (χ3n) is 3.85. The van der Waals surface area contributed by atoms with Crippen molar-refractivity contribution in [3.8, 4) is 23.1 Å². The minimum atomic E-state index is -0.538. The average molecular weight is 385 g/mol. The number of hydrogen-bond acceptors (Lipinski definition) is 6. The van der Waals surface area contributed by atoms with Gasteiger partial charge in [-0.2, -0.15) is 10.4 Å². The zero-order valence-corrected chi connectivity index (χ0v) is 15.8. The van der Waals surface area contributed by atoms with Crippen molar-refractivity contribution in [1.82, 2.24) is 9.97 Å². The molecule has 0 fully saturated rings. The molecule has 3 aromatic rings. The molecule has 2 aromatic carbocycles. The van der Waals surface area contributed by atoms with E-state index in [1.165, 1.54) is 0 Å². The highest BCUT2D eigenvalue weighted by molar-refractivity contribution is 5.83. The third kappa shape index (κ3) is 4.96. The van der Waals surface area contributed by atoms with Crippen LogP contribution in [0.15, 0.2) is 76.6 Å². The molecule has 3 rings (SSSR count). The summed E-state index contributed by atoms with van der Waals surface area (Å²) in [5.74, 6) is 0.789. The maximum atomic E-state index is 12.3. The number of hydrazone groups is 1. The van der Waals surface area contributed by atoms with E-state index < -0.39 is 5.56 Å². The predicted molar refractivity (Wildman–Crippen MR) is 113 cm³/mol. The standard InChI is InChI=1S/C22H19N5O2/c1-15(2)14-29-19-11-7-6-10-17(19)13-24-27-22-25-20(16-8-4-3-5-9-16)18(12-23)21(28)26-22/h3-11,13H,1,14H2,2H3,(H2,25,26,27,28). The Balaban J connectivity index is 1.85. The van der Waals surface area contributed by atoms with E-state index in [2.05, 4.69) is 27.1 Å². The number of aromatic nitrogens is 2. The first kappa shape index (κ1) is 19.6. The molecule has 0 saturated heterocycles. The maximum Gasteiger partial charge on any atom is 0.270 e. The van der Waals surface area contributed by atoms with Gasteiger partial charge in [-0.15, -0.1) is 0 Å². The maximum absolute atomic E-state index is 12.3. The number of H-pyrrole nitrogens is 1. The van der Waals surface area contributed by atoms with Gasteiger partial charge < -0.3 is 4.74 Å². The van der Waals surface area contributed by atoms with Crippen molar-refractivity contribution in [2.45, 2.75) is 6.92 Å². The molecule has 144 valence electrons. The summed E-state index contributed by atoms with van der Waals surface area (Å²) in [6.45, 7) is 6.11. The summed E-state index contributed by atoms with van der Waals surface area (Å²) in [5, 5.41) is 13.5. The van der Waals surface area contributed by atoms with Gasteiger partial charge >= 0.3 is 0 Å². The molecule has 0 aliphatic heterocycles. The molecule has 7 nitrogen and oxygen atoms in total. The van der Waals surface area contributed by atoms with Crippen LogP contribution in [0.3, 0.4) is 0 Å². The van der Waals surface area contributed by atoms with E-state index in [1.54, 1.807) is 18.3 Å². The first-order valence-electron chi connectivity index (χ1n) is 8.83. The van der Waals surface area contributed by atoms with Crippen LogP contribution in [0.5, 0.6) is 5.75 Å². The monoisotopic (exact) mass is 385 g/mol. The second-order valence-electron chi connectivity index (χ2n) is 6.27. The van der Waals surface area contributed by atoms with Gasteiger partial charge in [-0.1, -0.05) is 49.0 Å². The molecular weight excluding hydrogens is 366 g/mol. The van der Waals surface area contributed by atoms with Gasteiger partial charge in [-0.05, 0) is 24.6 Å². The van der Waals surface area contributed by atoms with Crippen molar-refractivity contribution in [2.24, 2.45) is 5.10 Å². The van der Waals surface area contributed by atoms with Gasteiger partial charge in [-0.25, -0.2) is 10.4 Å². The highest BCUT2D eigenvalue weighted by Crippen LogP contribution is 2.20. The normalized spacial score (nSPS) is 10.5. The van der Waals surface area contributed by atoms with E-state index >= 15 is 0 Å². The lowest BCUT2D eigenvalue weighted by Crippen LogP contribution is -2.16. The van der Waals surface area contributed by atoms with Crippen LogP contribution in [0.25, 0.3) is 11.3 Å². The van der Waals surface area contributed by atoms with Gasteiger partial charge in [0.25, 0.3) is 5.56 Å². The molecule has 1 aromatic heterocycles. The Labute approximate surface area is 168 Å². The Kier molecular flexibility index (Phi) is 6.18. The number of hydrogen-bond donors (Lipinski definition) is 2. The molecule has 0 atom stereocenters. The summed E-state index contributed by atoms with van der Waals surface area (Å²) in [5.41, 5.74) is 4.73. The van der Waals surface area contributed by atoms with Crippen LogP contribution in [0.2, 0.25) is 0 Å². The van der Waals surface area contributed by atoms with Crippen LogP contribution >= 0.6 is 0 Å². The molecule has 0 bridgehead atoms. The number of anilines is 1. The second-order valence-corrected chi connectivity index (χ2v) is 6.27. The Morgan fingerprint density at radius 1 is 1.28 bits per heavy atom. The zero-order chi connectivity index (χ0) is 20.6. The van der Waals surface area contributed by atoms with Crippen molar-refractivity contribution >= 4 is 12.2 Å². The fourth-order valence-corrected chi connectivity index (χ4v) is 2.52. The summed E-state index contributed by atoms with van der Waals surface area (Å²) in [6, 6.07) is 18.4. The molecule has 29 heavy (non-hydrogen) atoms. The SMILES string of the molecule is C=C(C)COc1ccccc1C=NNc1nc(-c2ccccc2)c(C#N)c(=O)[nH]1. The summed E-state index contributed by atoms with van der Waals surface area (Å²) in [4.78, 5) is 19.1. The van der Waals surface area contributed by atoms with Crippen molar-refractivity contribution < 1.29 is 4.74 Å². The zero-order valence-electron chi connectivity index (χ0n) is 15.8. The van der Waals surface area contributed by atoms with Crippen molar-refractivity contribution in [2.75, 3.05) is 12.0 Å². The second kappa shape index (κ2) is 9.15. The highest BCUT2D eigenvalue weighted by atomic mass is 16.5. The number of para-hydroxylation sites is 1. The van der Waals surface area contributed by atoms with Crippen LogP contribution in [0.1, 0.15) is 18.1 Å². The van der Waals surface area contributed by atoms with E-state index in [1.807, 2.05) is 55.5 Å². The lowest BCUT2D eigenvalue weighted by atomic mass is 10.1. The summed E-state index contributed by atoms with van der Waals surface area (Å²) in [6.07, 6.45) is 1.56. The molecule has 2 N–H and O–H groups in total. The number of nitrogens with one attached hydrogen (secondary N) is 2. The lowest BCUT2D eigenvalue weighted by molar-refractivity contribution is 0.352. The Bertz CT molecular complexity index is 1140. The van der Waals surface area contributed by atoms with Crippen LogP contribution in [-0.2, 0) is 0 Å². The molecule has 0 spiro atoms. The fourth-order valence-electron chi connectivity index (χ4n) is 2.52. The number of ether oxygens (including phenoxy) is 1. The Hall–Kier alpha value is -4.18. The average Bonchev–Trinajstić information content (AvgIpc) is 2.73. The number of nitrogens with zero attached hydrogens (tertiary/aromatic N) is 3. The van der Waals surface area contributed by atoms with Crippen LogP contribution in [-0.4, -0.2) is 22.8 Å². The first-order valence-corrected chi connectivity index (χ1v) is 8.83. The van der Waals surface area contributed by atoms with Crippen LogP contribution < -0.4 is 15.7 Å². The van der Waals surface area contributed by atoms with Crippen molar-refractivity contribution in [3.63, 3.8) is 0 Å². The van der Waals surface area contributed by atoms with Crippen LogP contribution in [0, 0.1) is 11.3 Å². The number of rotatable bonds is 7. The summed E-state index contributed by atoms with van der Waals surface area (Å²) >= 11 is 0. The third-order valence-corrected chi connectivity index (χ3v) is 3.85. The number of aromatic amines is 1. The van der Waals surface area contributed by atoms with Crippen molar-refractivity contribution in [1.29, 1.82) is 5.26 Å². The molecule has 0 aliphatic carbocycles. The minimum Gasteiger partial charge on any atom is -0.489 e. The van der Waals surface area contributed by atoms with Gasteiger partial charge in [0.05, 0.1) is 11.9 Å². The van der Waals surface area contributed by atoms with E-state index in [4.69, 9.17) is 4.74 Å². The fraction of sp³-hybridized carbons (Fsp3) is 0.0909. The largest absolute Gasteiger partial charge is 0.489 e. The van der Waals surface area contributed by atoms with Crippen LogP contribution in [0.4, 0.5) is 5.95 Å². The van der Waals surface area contributed by atoms with Gasteiger partial charge in [0.1, 0.15) is 24.0 Å². The molecule has 0 unspecified atom stereocenters. The number of benzene rings is 2. The predicted octanol–water partition coefficient (Wildman–Crippen LogP) is 3.71. The van der Waals surface area contributed by atoms with Gasteiger partial charge in [-0.3, -0.25) is 9.78 Å². The van der Waals surface area contributed by atoms with Gasteiger partial charge in [0.15, 0.2) is 0 Å². The van der Waals surface area contributed by atoms with E-state index in [0.717, 1.165) is 11.1 Å². The topological polar surface area (TPSA) is 103 Å². The molecular formula is C22H19N5O2. The summed E-state index contributed by atoms with van der Waals surface area (Å²) < 4.78 is 5.70. The molecule has 7 heteroatoms. The number of nitriles is 1. The smallest absolute Gasteiger partial charge is 0.270 e. The van der Waals surface area contributed by atoms with E-state index in [9.17, 15) is 10.1 Å². The van der Waals surface area contributed by atoms with Gasteiger partial charge in [0.2, 0.25) is 5.95 Å². The Morgan fingerprint density at radius 2 is 2.00 bits per heavy atom. The molecule has 0 radical (unpaired) electrons. The summed E-state index contributed by atoms with van der Waals surface area (Å²) in [7, 11) is 0. The molecule has 0 aliphatic rings. The Morgan fingerprint density at radius 3 is 2.72 bits per heavy atom. The first-order chi connectivity index (χ1) is 14.1. The lowest BCUT2D eigenvalue weighted by Gasteiger charge is -2.08. The molecule has 1 heterocycles. The molecule has 0 saturated carbocycles. The van der Waals surface area contributed by atoms with E-state index in [0.29, 0.717) is 23.6 Å². The van der Waals surface area contributed by atoms with Gasteiger partial charge in [0, 0.05) is 11.1 Å². The quantitative estimate of drug-likeness (QED) is 0.367. The van der Waals surface area contributed by atoms with Crippen molar-refractivity contribution in [3.05, 3.63) is 88.2 Å². The van der Waals surface area contributed by atoms with E-state index in [-0.39, 0.29) is 11.5 Å².